The molecule has 0 radical (unpaired) electrons. The first-order valence-electron chi connectivity index (χ1n) is 7.88. The van der Waals surface area contributed by atoms with Crippen molar-refractivity contribution in [1.29, 1.82) is 5.26 Å². The number of aromatic hydroxyl groups is 1. The smallest absolute Gasteiger partial charge is 0.278 e. The van der Waals surface area contributed by atoms with E-state index in [0.29, 0.717) is 25.8 Å². The highest BCUT2D eigenvalue weighted by molar-refractivity contribution is 9.10. The third-order valence-electron chi connectivity index (χ3n) is 3.48. The van der Waals surface area contributed by atoms with Crippen LogP contribution in [0.4, 0.5) is 0 Å². The summed E-state index contributed by atoms with van der Waals surface area (Å²) in [6.07, 6.45) is 1.42. The Labute approximate surface area is 178 Å². The van der Waals surface area contributed by atoms with E-state index >= 15 is 0 Å². The fourth-order valence-corrected chi connectivity index (χ4v) is 2.96. The number of benzene rings is 1. The number of hydrogen-bond donors (Lipinski definition) is 2. The summed E-state index contributed by atoms with van der Waals surface area (Å²) in [7, 11) is 1.52. The Morgan fingerprint density at radius 1 is 1.46 bits per heavy atom. The molecule has 2 aromatic rings. The molecule has 0 saturated heterocycles. The van der Waals surface area contributed by atoms with Crippen LogP contribution in [0.25, 0.3) is 0 Å². The van der Waals surface area contributed by atoms with Crippen LogP contribution in [-0.4, -0.2) is 35.9 Å². The van der Waals surface area contributed by atoms with E-state index < -0.39 is 5.91 Å². The molecule has 0 fully saturated rings. The number of nitriles is 1. The van der Waals surface area contributed by atoms with Crippen LogP contribution in [0.3, 0.4) is 0 Å². The molecule has 0 saturated carbocycles. The van der Waals surface area contributed by atoms with Crippen molar-refractivity contribution >= 4 is 44.0 Å². The highest BCUT2D eigenvalue weighted by Crippen LogP contribution is 2.30. The first-order valence-corrected chi connectivity index (χ1v) is 9.47. The maximum Gasteiger partial charge on any atom is 0.278 e. The topological polar surface area (TPSA) is 117 Å². The zero-order valence-corrected chi connectivity index (χ0v) is 18.2. The number of hydrazone groups is 1. The summed E-state index contributed by atoms with van der Waals surface area (Å²) < 4.78 is 11.7. The second kappa shape index (κ2) is 10.2. The molecule has 0 unspecified atom stereocenters. The highest BCUT2D eigenvalue weighted by atomic mass is 79.9. The molecule has 0 spiro atoms. The van der Waals surface area contributed by atoms with Gasteiger partial charge >= 0.3 is 0 Å². The van der Waals surface area contributed by atoms with E-state index in [1.165, 1.54) is 19.4 Å². The lowest BCUT2D eigenvalue weighted by molar-refractivity contribution is -0.123. The summed E-state index contributed by atoms with van der Waals surface area (Å²) >= 11 is 6.58. The molecule has 0 bridgehead atoms. The Morgan fingerprint density at radius 3 is 2.86 bits per heavy atom. The van der Waals surface area contributed by atoms with E-state index in [4.69, 9.17) is 9.47 Å². The number of hydrogen-bond acceptors (Lipinski definition) is 7. The Bertz CT molecular complexity index is 958. The molecule has 0 aliphatic heterocycles. The molecular formula is C18H16Br2N4O4. The average Bonchev–Trinajstić information content (AvgIpc) is 2.67. The van der Waals surface area contributed by atoms with Gasteiger partial charge in [0.1, 0.15) is 17.4 Å². The van der Waals surface area contributed by atoms with Crippen LogP contribution in [0.1, 0.15) is 22.4 Å². The van der Waals surface area contributed by atoms with Crippen molar-refractivity contribution in [3.63, 3.8) is 0 Å². The van der Waals surface area contributed by atoms with Crippen LogP contribution in [0.5, 0.6) is 11.6 Å². The van der Waals surface area contributed by atoms with Gasteiger partial charge in [-0.15, -0.1) is 0 Å². The molecule has 0 aliphatic carbocycles. The number of phenols is 1. The molecule has 2 rings (SSSR count). The van der Waals surface area contributed by atoms with Crippen molar-refractivity contribution in [3.05, 3.63) is 49.5 Å². The molecular weight excluding hydrogens is 496 g/mol. The van der Waals surface area contributed by atoms with Crippen LogP contribution < -0.4 is 10.2 Å². The number of pyridine rings is 1. The molecule has 28 heavy (non-hydrogen) atoms. The zero-order chi connectivity index (χ0) is 20.7. The third kappa shape index (κ3) is 5.51. The highest BCUT2D eigenvalue weighted by Gasteiger charge is 2.18. The van der Waals surface area contributed by atoms with Gasteiger partial charge in [0, 0.05) is 17.1 Å². The number of methoxy groups -OCH3 is 1. The zero-order valence-electron chi connectivity index (χ0n) is 15.0. The molecule has 146 valence electrons. The average molecular weight is 512 g/mol. The molecule has 8 nitrogen and oxygen atoms in total. The lowest BCUT2D eigenvalue weighted by atomic mass is 10.1. The van der Waals surface area contributed by atoms with Crippen LogP contribution in [-0.2, 0) is 16.1 Å². The lowest BCUT2D eigenvalue weighted by Gasteiger charge is -2.13. The third-order valence-corrected chi connectivity index (χ3v) is 5.17. The van der Waals surface area contributed by atoms with Crippen molar-refractivity contribution < 1.29 is 19.4 Å². The minimum atomic E-state index is -0.520. The molecule has 1 amide bonds. The van der Waals surface area contributed by atoms with Gasteiger partial charge in [0.25, 0.3) is 5.91 Å². The number of nitrogens with zero attached hydrogens (tertiary/aromatic N) is 3. The van der Waals surface area contributed by atoms with Gasteiger partial charge in [-0.1, -0.05) is 0 Å². The van der Waals surface area contributed by atoms with Gasteiger partial charge in [-0.05, 0) is 62.5 Å². The van der Waals surface area contributed by atoms with Gasteiger partial charge < -0.3 is 14.6 Å². The standard InChI is InChI=1S/C18H16Br2N4O4/c1-10-17(20)13(8-27-2)12(6-21)18(23-10)28-9-16(26)24-22-7-11-3-4-15(25)14(19)5-11/h3-5,7,25H,8-9H2,1-2H3,(H,24,26)/b22-7-. The Balaban J connectivity index is 2.03. The number of nitrogens with one attached hydrogen (secondary N) is 1. The summed E-state index contributed by atoms with van der Waals surface area (Å²) in [6, 6.07) is 6.81. The number of ether oxygens (including phenoxy) is 2. The van der Waals surface area contributed by atoms with E-state index in [9.17, 15) is 15.2 Å². The SMILES string of the molecule is COCc1c(Br)c(C)nc(OCC(=O)N/N=C\c2ccc(O)c(Br)c2)c1C#N. The maximum absolute atomic E-state index is 11.9. The number of phenolic OH excluding ortho intramolecular Hbond substituents is 1. The molecule has 10 heteroatoms. The van der Waals surface area contributed by atoms with Gasteiger partial charge in [-0.25, -0.2) is 10.4 Å². The summed E-state index contributed by atoms with van der Waals surface area (Å²) in [5, 5.41) is 22.7. The van der Waals surface area contributed by atoms with Crippen LogP contribution in [0, 0.1) is 18.3 Å². The maximum atomic E-state index is 11.9. The quantitative estimate of drug-likeness (QED) is 0.435. The van der Waals surface area contributed by atoms with Gasteiger partial charge in [-0.3, -0.25) is 4.79 Å². The van der Waals surface area contributed by atoms with Gasteiger partial charge in [-0.2, -0.15) is 10.4 Å². The van der Waals surface area contributed by atoms with Crippen LogP contribution in [0.2, 0.25) is 0 Å². The van der Waals surface area contributed by atoms with Crippen molar-refractivity contribution in [2.24, 2.45) is 5.10 Å². The number of halogens is 2. The van der Waals surface area contributed by atoms with Crippen molar-refractivity contribution in [2.45, 2.75) is 13.5 Å². The number of aromatic nitrogens is 1. The fraction of sp³-hybridized carbons (Fsp3) is 0.222. The molecule has 1 aromatic carbocycles. The minimum absolute atomic E-state index is 0.0526. The predicted molar refractivity (Wildman–Crippen MR) is 109 cm³/mol. The predicted octanol–water partition coefficient (Wildman–Crippen LogP) is 3.17. The van der Waals surface area contributed by atoms with Crippen LogP contribution in [0.15, 0.2) is 32.2 Å². The number of rotatable bonds is 7. The van der Waals surface area contributed by atoms with Crippen molar-refractivity contribution in [1.82, 2.24) is 10.4 Å². The summed E-state index contributed by atoms with van der Waals surface area (Å²) in [5.74, 6) is -0.362. The van der Waals surface area contributed by atoms with Crippen LogP contribution >= 0.6 is 31.9 Å². The lowest BCUT2D eigenvalue weighted by Crippen LogP contribution is -2.25. The minimum Gasteiger partial charge on any atom is -0.507 e. The number of amides is 1. The molecule has 0 atom stereocenters. The monoisotopic (exact) mass is 510 g/mol. The summed E-state index contributed by atoms with van der Waals surface area (Å²) in [5.41, 5.74) is 4.40. The van der Waals surface area contributed by atoms with Gasteiger partial charge in [0.15, 0.2) is 6.61 Å². The van der Waals surface area contributed by atoms with E-state index in [0.717, 1.165) is 0 Å². The van der Waals surface area contributed by atoms with E-state index in [2.05, 4.69) is 47.4 Å². The molecule has 2 N–H and O–H groups in total. The fourth-order valence-electron chi connectivity index (χ4n) is 2.16. The first-order chi connectivity index (χ1) is 13.4. The van der Waals surface area contributed by atoms with E-state index in [-0.39, 0.29) is 30.4 Å². The number of carbonyl (C=O) groups is 1. The Hall–Kier alpha value is -2.48. The largest absolute Gasteiger partial charge is 0.507 e. The van der Waals surface area contributed by atoms with Crippen molar-refractivity contribution in [2.75, 3.05) is 13.7 Å². The molecule has 1 heterocycles. The second-order valence-electron chi connectivity index (χ2n) is 5.51. The second-order valence-corrected chi connectivity index (χ2v) is 7.15. The molecule has 1 aromatic heterocycles. The summed E-state index contributed by atoms with van der Waals surface area (Å²) in [6.45, 7) is 1.57. The normalized spacial score (nSPS) is 10.7. The van der Waals surface area contributed by atoms with Gasteiger partial charge in [0.05, 0.1) is 23.0 Å². The Morgan fingerprint density at radius 2 is 2.21 bits per heavy atom. The molecule has 0 aliphatic rings. The number of aryl methyl sites for hydroxylation is 1. The Kier molecular flexibility index (Phi) is 7.92. The van der Waals surface area contributed by atoms with E-state index in [1.807, 2.05) is 6.07 Å². The van der Waals surface area contributed by atoms with E-state index in [1.54, 1.807) is 19.1 Å². The number of carbonyl (C=O) groups excluding carboxylic acids is 1. The summed E-state index contributed by atoms with van der Waals surface area (Å²) in [4.78, 5) is 16.2. The van der Waals surface area contributed by atoms with Gasteiger partial charge in [0.2, 0.25) is 5.88 Å². The first kappa shape index (κ1) is 21.8. The van der Waals surface area contributed by atoms with Crippen molar-refractivity contribution in [3.8, 4) is 17.7 Å².